The summed E-state index contributed by atoms with van der Waals surface area (Å²) in [5.41, 5.74) is 0. The van der Waals surface area contributed by atoms with E-state index in [9.17, 15) is 13.2 Å². The molecule has 0 spiro atoms. The Bertz CT molecular complexity index is 229. The van der Waals surface area contributed by atoms with Crippen molar-refractivity contribution in [1.82, 2.24) is 0 Å². The summed E-state index contributed by atoms with van der Waals surface area (Å²) < 4.78 is 38.1. The first-order chi connectivity index (χ1) is 5.08. The van der Waals surface area contributed by atoms with E-state index in [4.69, 9.17) is 0 Å². The van der Waals surface area contributed by atoms with Gasteiger partial charge in [-0.15, -0.1) is 42.3 Å². The number of rotatable bonds is 1. The predicted molar refractivity (Wildman–Crippen MR) is 48.0 cm³/mol. The monoisotopic (exact) mass is 284 g/mol. The minimum absolute atomic E-state index is 0. The molecule has 1 rings (SSSR count). The van der Waals surface area contributed by atoms with E-state index in [2.05, 4.69) is 10.8 Å². The largest absolute Gasteiger partial charge is 2.00 e. The maximum atomic E-state index is 11.5. The van der Waals surface area contributed by atoms with Crippen molar-refractivity contribution in [2.24, 2.45) is 0 Å². The van der Waals surface area contributed by atoms with Crippen LogP contribution in [0.5, 0.6) is 5.75 Å². The molecule has 0 atom stereocenters. The van der Waals surface area contributed by atoms with E-state index in [0.717, 1.165) is 0 Å². The van der Waals surface area contributed by atoms with Crippen molar-refractivity contribution in [2.45, 2.75) is 6.36 Å². The van der Waals surface area contributed by atoms with Crippen LogP contribution in [0.4, 0.5) is 13.2 Å². The van der Waals surface area contributed by atoms with Crippen LogP contribution < -0.4 is 9.44 Å². The van der Waals surface area contributed by atoms with Gasteiger partial charge in [-0.3, -0.25) is 0 Å². The van der Waals surface area contributed by atoms with E-state index < -0.39 is 6.36 Å². The molecule has 0 aliphatic heterocycles. The van der Waals surface area contributed by atoms with Gasteiger partial charge < -0.3 is 9.44 Å². The van der Waals surface area contributed by atoms with Crippen LogP contribution in [0.2, 0.25) is 0 Å². The van der Waals surface area contributed by atoms with E-state index in [0.29, 0.717) is 0 Å². The van der Waals surface area contributed by atoms with Gasteiger partial charge in [0, 0.05) is 5.75 Å². The molecule has 76 valence electrons. The van der Waals surface area contributed by atoms with Crippen LogP contribution in [0.1, 0.15) is 0 Å². The zero-order valence-corrected chi connectivity index (χ0v) is 9.97. The molecule has 0 fully saturated rings. The minimum atomic E-state index is -4.61. The average Bonchev–Trinajstić information content (AvgIpc) is 1.85. The van der Waals surface area contributed by atoms with Gasteiger partial charge in [0.1, 0.15) is 0 Å². The first-order valence-corrected chi connectivity index (χ1v) is 2.80. The molecule has 0 aromatic heterocycles. The fourth-order valence-corrected chi connectivity index (χ4v) is 0.573. The first kappa shape index (κ1) is 19.5. The Morgan fingerprint density at radius 2 is 1.57 bits per heavy atom. The Morgan fingerprint density at radius 3 is 1.93 bits per heavy atom. The van der Waals surface area contributed by atoms with E-state index >= 15 is 0 Å². The van der Waals surface area contributed by atoms with Crippen LogP contribution in [-0.4, -0.2) is 29.4 Å². The van der Waals surface area contributed by atoms with E-state index in [1.807, 2.05) is 0 Å². The van der Waals surface area contributed by atoms with Gasteiger partial charge in [-0.05, 0) is 0 Å². The second kappa shape index (κ2) is 8.31. The van der Waals surface area contributed by atoms with E-state index in [1.165, 1.54) is 24.3 Å². The third kappa shape index (κ3) is 8.58. The van der Waals surface area contributed by atoms with Crippen molar-refractivity contribution < 1.29 is 22.6 Å². The summed E-state index contributed by atoms with van der Waals surface area (Å²) >= 11 is 0. The molecule has 0 aliphatic rings. The maximum Gasteiger partial charge on any atom is 2.00 e. The number of halogens is 5. The fourth-order valence-electron chi connectivity index (χ4n) is 0.573. The van der Waals surface area contributed by atoms with Gasteiger partial charge in [0.25, 0.3) is 0 Å². The summed E-state index contributed by atoms with van der Waals surface area (Å²) in [7, 11) is 0. The van der Waals surface area contributed by atoms with E-state index in [1.54, 1.807) is 0 Å². The van der Waals surface area contributed by atoms with Gasteiger partial charge in [-0.2, -0.15) is 18.2 Å². The van der Waals surface area contributed by atoms with E-state index in [-0.39, 0.29) is 50.5 Å². The molecular formula is C7H5BrF4MgO. The van der Waals surface area contributed by atoms with Gasteiger partial charge in [-0.25, -0.2) is 0 Å². The Balaban J connectivity index is -0.000000403. The Hall–Kier alpha value is -0.0138. The smallest absolute Gasteiger partial charge is 1.00 e. The van der Waals surface area contributed by atoms with Crippen LogP contribution in [0, 0.1) is 6.07 Å². The number of benzene rings is 1. The van der Waals surface area contributed by atoms with Gasteiger partial charge in [0.05, 0.1) is 0 Å². The second-order valence-corrected chi connectivity index (χ2v) is 1.78. The Morgan fingerprint density at radius 1 is 1.14 bits per heavy atom. The minimum Gasteiger partial charge on any atom is -1.00 e. The zero-order valence-electron chi connectivity index (χ0n) is 6.84. The topological polar surface area (TPSA) is 9.23 Å². The molecule has 0 N–H and O–H groups in total. The predicted octanol–water partition coefficient (Wildman–Crippen LogP) is -0.414. The summed E-state index contributed by atoms with van der Waals surface area (Å²) in [5, 5.41) is 0. The van der Waals surface area contributed by atoms with Crippen molar-refractivity contribution >= 4 is 40.0 Å². The molecule has 0 bridgehead atoms. The van der Waals surface area contributed by atoms with Gasteiger partial charge in [0.2, 0.25) is 0 Å². The summed E-state index contributed by atoms with van der Waals surface area (Å²) in [6.45, 7) is 0. The summed E-state index contributed by atoms with van der Waals surface area (Å²) in [4.78, 5) is 0. The van der Waals surface area contributed by atoms with Crippen molar-refractivity contribution in [3.05, 3.63) is 30.3 Å². The van der Waals surface area contributed by atoms with Crippen LogP contribution in [0.3, 0.4) is 0 Å². The molecule has 1 aromatic carbocycles. The zero-order chi connectivity index (χ0) is 8.32. The molecule has 0 heterocycles. The molecule has 0 amide bonds. The van der Waals surface area contributed by atoms with Crippen molar-refractivity contribution in [1.29, 1.82) is 0 Å². The van der Waals surface area contributed by atoms with Crippen LogP contribution in [-0.2, 0) is 0 Å². The molecule has 14 heavy (non-hydrogen) atoms. The number of ether oxygens (including phenoxy) is 1. The van der Waals surface area contributed by atoms with Crippen LogP contribution in [0.25, 0.3) is 0 Å². The summed E-state index contributed by atoms with van der Waals surface area (Å²) in [5.74, 6) is -0.226. The molecule has 0 saturated heterocycles. The SMILES string of the molecule is Br.FC(F)(F)Oc1cc[c-]cc1.[F-].[Mg+2]. The third-order valence-corrected chi connectivity index (χ3v) is 0.921. The normalized spacial score (nSPS) is 8.79. The van der Waals surface area contributed by atoms with Crippen molar-refractivity contribution in [3.63, 3.8) is 0 Å². The van der Waals surface area contributed by atoms with Gasteiger partial charge in [0.15, 0.2) is 0 Å². The van der Waals surface area contributed by atoms with Crippen molar-refractivity contribution in [2.75, 3.05) is 0 Å². The summed E-state index contributed by atoms with van der Waals surface area (Å²) in [6, 6.07) is 7.64. The molecule has 1 nitrogen and oxygen atoms in total. The molecular weight excluding hydrogens is 280 g/mol. The fraction of sp³-hybridized carbons (Fsp3) is 0.143. The molecule has 0 saturated carbocycles. The third-order valence-electron chi connectivity index (χ3n) is 0.921. The Labute approximate surface area is 105 Å². The molecule has 0 aliphatic carbocycles. The standard InChI is InChI=1S/C7H4F3O.BrH.FH.Mg/c8-7(9,10)11-6-4-2-1-3-5-6;;;/h2-5H;2*1H;/q-1;;;+2/p-1. The average molecular weight is 285 g/mol. The van der Waals surface area contributed by atoms with Crippen LogP contribution >= 0.6 is 17.0 Å². The van der Waals surface area contributed by atoms with Crippen molar-refractivity contribution in [3.8, 4) is 5.75 Å². The molecule has 0 unspecified atom stereocenters. The first-order valence-electron chi connectivity index (χ1n) is 2.80. The number of alkyl halides is 3. The molecule has 7 heteroatoms. The van der Waals surface area contributed by atoms with Gasteiger partial charge in [-0.1, -0.05) is 0 Å². The maximum absolute atomic E-state index is 11.5. The van der Waals surface area contributed by atoms with Crippen LogP contribution in [0.15, 0.2) is 24.3 Å². The number of hydrogen-bond acceptors (Lipinski definition) is 1. The summed E-state index contributed by atoms with van der Waals surface area (Å²) in [6.07, 6.45) is -4.61. The Kier molecular flexibility index (Phi) is 11.6. The number of hydrogen-bond donors (Lipinski definition) is 0. The van der Waals surface area contributed by atoms with Gasteiger partial charge >= 0.3 is 29.4 Å². The molecule has 0 radical (unpaired) electrons. The molecule has 1 aromatic rings. The quantitative estimate of drug-likeness (QED) is 0.387. The second-order valence-electron chi connectivity index (χ2n) is 1.78.